The number of nitrogens with zero attached hydrogens (tertiary/aromatic N) is 2. The van der Waals surface area contributed by atoms with Gasteiger partial charge in [-0.25, -0.2) is 8.78 Å². The summed E-state index contributed by atoms with van der Waals surface area (Å²) >= 11 is 0. The predicted octanol–water partition coefficient (Wildman–Crippen LogP) is 2.67. The van der Waals surface area contributed by atoms with Crippen LogP contribution in [0.1, 0.15) is 31.3 Å². The fourth-order valence-corrected chi connectivity index (χ4v) is 3.86. The SMILES string of the molecule is NC[C@@H](C(=O)Nc1ccc(N2CCOCC2=O)c(C(F)F)c1)N(CC(F)(F)F)C1CCC1. The first-order valence-corrected chi connectivity index (χ1v) is 10.2. The average molecular weight is 464 g/mol. The van der Waals surface area contributed by atoms with Gasteiger partial charge in [0.2, 0.25) is 5.91 Å². The molecule has 1 saturated carbocycles. The Morgan fingerprint density at radius 2 is 2.03 bits per heavy atom. The lowest BCUT2D eigenvalue weighted by atomic mass is 9.90. The molecule has 0 radical (unpaired) electrons. The van der Waals surface area contributed by atoms with E-state index in [1.54, 1.807) is 0 Å². The third-order valence-electron chi connectivity index (χ3n) is 5.64. The number of morpholine rings is 1. The van der Waals surface area contributed by atoms with Crippen molar-refractivity contribution in [1.82, 2.24) is 4.90 Å². The van der Waals surface area contributed by atoms with Crippen LogP contribution in [0.5, 0.6) is 0 Å². The average Bonchev–Trinajstić information content (AvgIpc) is 2.66. The van der Waals surface area contributed by atoms with Gasteiger partial charge in [-0.05, 0) is 31.0 Å². The third-order valence-corrected chi connectivity index (χ3v) is 5.64. The lowest BCUT2D eigenvalue weighted by molar-refractivity contribution is -0.162. The first-order valence-electron chi connectivity index (χ1n) is 10.2. The van der Waals surface area contributed by atoms with E-state index >= 15 is 0 Å². The summed E-state index contributed by atoms with van der Waals surface area (Å²) in [5, 5.41) is 2.41. The zero-order chi connectivity index (χ0) is 23.5. The molecule has 0 aromatic heterocycles. The number of carbonyl (C=O) groups is 2. The standard InChI is InChI=1S/C20H25F5N4O3/c21-18(22)14-8-12(4-5-15(14)28-6-7-32-10-17(28)30)27-19(31)16(9-26)29(11-20(23,24)25)13-2-1-3-13/h4-5,8,13,16,18H,1-3,6-7,9-11,26H2,(H,27,31)/t16-/m0/s1. The topological polar surface area (TPSA) is 87.9 Å². The van der Waals surface area contributed by atoms with Crippen molar-refractivity contribution in [3.05, 3.63) is 23.8 Å². The number of nitrogens with one attached hydrogen (secondary N) is 1. The minimum atomic E-state index is -4.52. The molecule has 7 nitrogen and oxygen atoms in total. The van der Waals surface area contributed by atoms with Gasteiger partial charge in [-0.1, -0.05) is 6.42 Å². The van der Waals surface area contributed by atoms with E-state index in [2.05, 4.69) is 5.32 Å². The number of anilines is 2. The molecule has 12 heteroatoms. The first-order chi connectivity index (χ1) is 15.1. The number of ether oxygens (including phenoxy) is 1. The van der Waals surface area contributed by atoms with Crippen LogP contribution in [-0.2, 0) is 14.3 Å². The highest BCUT2D eigenvalue weighted by molar-refractivity contribution is 5.98. The van der Waals surface area contributed by atoms with Crippen LogP contribution in [0.4, 0.5) is 33.3 Å². The molecule has 2 amide bonds. The third kappa shape index (κ3) is 5.73. The minimum absolute atomic E-state index is 0.00478. The second-order valence-electron chi connectivity index (χ2n) is 7.79. The van der Waals surface area contributed by atoms with Gasteiger partial charge in [0, 0.05) is 30.4 Å². The Balaban J connectivity index is 1.80. The highest BCUT2D eigenvalue weighted by Crippen LogP contribution is 2.34. The molecular formula is C20H25F5N4O3. The smallest absolute Gasteiger partial charge is 0.370 e. The van der Waals surface area contributed by atoms with E-state index in [0.717, 1.165) is 17.4 Å². The largest absolute Gasteiger partial charge is 0.401 e. The summed E-state index contributed by atoms with van der Waals surface area (Å²) in [5.41, 5.74) is 5.13. The molecule has 1 saturated heterocycles. The number of carbonyl (C=O) groups excluding carboxylic acids is 2. The Hall–Kier alpha value is -2.31. The number of benzene rings is 1. The van der Waals surface area contributed by atoms with Gasteiger partial charge in [0.25, 0.3) is 12.3 Å². The quantitative estimate of drug-likeness (QED) is 0.578. The second-order valence-corrected chi connectivity index (χ2v) is 7.79. The van der Waals surface area contributed by atoms with Crippen LogP contribution in [0.25, 0.3) is 0 Å². The molecule has 3 N–H and O–H groups in total. The summed E-state index contributed by atoms with van der Waals surface area (Å²) < 4.78 is 71.6. The van der Waals surface area contributed by atoms with E-state index in [1.807, 2.05) is 0 Å². The van der Waals surface area contributed by atoms with Crippen molar-refractivity contribution in [1.29, 1.82) is 0 Å². The Morgan fingerprint density at radius 1 is 1.31 bits per heavy atom. The molecule has 178 valence electrons. The summed E-state index contributed by atoms with van der Waals surface area (Å²) in [4.78, 5) is 27.0. The van der Waals surface area contributed by atoms with Crippen LogP contribution in [0, 0.1) is 0 Å². The monoisotopic (exact) mass is 464 g/mol. The van der Waals surface area contributed by atoms with Crippen molar-refractivity contribution in [2.75, 3.05) is 43.1 Å². The van der Waals surface area contributed by atoms with Crippen molar-refractivity contribution in [3.63, 3.8) is 0 Å². The lowest BCUT2D eigenvalue weighted by Crippen LogP contribution is -2.57. The molecule has 0 spiro atoms. The zero-order valence-electron chi connectivity index (χ0n) is 17.2. The molecule has 0 unspecified atom stereocenters. The molecular weight excluding hydrogens is 439 g/mol. The van der Waals surface area contributed by atoms with Crippen LogP contribution in [0.15, 0.2) is 18.2 Å². The highest BCUT2D eigenvalue weighted by Gasteiger charge is 2.41. The molecule has 1 aromatic rings. The Bertz CT molecular complexity index is 832. The fourth-order valence-electron chi connectivity index (χ4n) is 3.86. The number of rotatable bonds is 8. The number of hydrogen-bond donors (Lipinski definition) is 2. The molecule has 1 heterocycles. The number of hydrogen-bond acceptors (Lipinski definition) is 5. The summed E-state index contributed by atoms with van der Waals surface area (Å²) in [6, 6.07) is 1.94. The Kier molecular flexibility index (Phi) is 7.67. The molecule has 3 rings (SSSR count). The fraction of sp³-hybridized carbons (Fsp3) is 0.600. The molecule has 0 bridgehead atoms. The molecule has 1 aromatic carbocycles. The number of nitrogens with two attached hydrogens (primary N) is 1. The summed E-state index contributed by atoms with van der Waals surface area (Å²) in [6.07, 6.45) is -5.65. The lowest BCUT2D eigenvalue weighted by Gasteiger charge is -2.41. The first kappa shape index (κ1) is 24.3. The van der Waals surface area contributed by atoms with Crippen LogP contribution < -0.4 is 16.0 Å². The normalized spacial score (nSPS) is 18.8. The van der Waals surface area contributed by atoms with E-state index in [9.17, 15) is 31.5 Å². The summed E-state index contributed by atoms with van der Waals surface area (Å²) in [5.74, 6) is -1.28. The second kappa shape index (κ2) is 10.1. The van der Waals surface area contributed by atoms with Crippen molar-refractivity contribution in [2.45, 2.75) is 43.9 Å². The molecule has 1 aliphatic carbocycles. The maximum Gasteiger partial charge on any atom is 0.401 e. The maximum absolute atomic E-state index is 13.7. The van der Waals surface area contributed by atoms with Gasteiger partial charge in [-0.3, -0.25) is 14.5 Å². The van der Waals surface area contributed by atoms with E-state index in [-0.39, 0.29) is 37.7 Å². The van der Waals surface area contributed by atoms with Crippen molar-refractivity contribution in [3.8, 4) is 0 Å². The summed E-state index contributed by atoms with van der Waals surface area (Å²) in [6.45, 7) is -1.57. The van der Waals surface area contributed by atoms with E-state index in [4.69, 9.17) is 10.5 Å². The zero-order valence-corrected chi connectivity index (χ0v) is 17.2. The number of amides is 2. The molecule has 32 heavy (non-hydrogen) atoms. The van der Waals surface area contributed by atoms with Crippen LogP contribution in [0.2, 0.25) is 0 Å². The van der Waals surface area contributed by atoms with Crippen LogP contribution in [0.3, 0.4) is 0 Å². The van der Waals surface area contributed by atoms with Gasteiger partial charge in [-0.15, -0.1) is 0 Å². The predicted molar refractivity (Wildman–Crippen MR) is 106 cm³/mol. The van der Waals surface area contributed by atoms with E-state index in [0.29, 0.717) is 12.8 Å². The molecule has 2 aliphatic rings. The molecule has 2 fully saturated rings. The van der Waals surface area contributed by atoms with E-state index < -0.39 is 48.6 Å². The van der Waals surface area contributed by atoms with Crippen LogP contribution >= 0.6 is 0 Å². The van der Waals surface area contributed by atoms with Gasteiger partial charge >= 0.3 is 6.18 Å². The van der Waals surface area contributed by atoms with Crippen LogP contribution in [-0.4, -0.2) is 67.8 Å². The molecule has 1 aliphatic heterocycles. The van der Waals surface area contributed by atoms with Gasteiger partial charge in [0.05, 0.1) is 18.8 Å². The summed E-state index contributed by atoms with van der Waals surface area (Å²) in [7, 11) is 0. The number of alkyl halides is 5. The Labute approximate surface area is 181 Å². The minimum Gasteiger partial charge on any atom is -0.370 e. The van der Waals surface area contributed by atoms with Gasteiger partial charge in [0.1, 0.15) is 12.6 Å². The van der Waals surface area contributed by atoms with Gasteiger partial charge in [0.15, 0.2) is 0 Å². The number of halogens is 5. The van der Waals surface area contributed by atoms with Crippen molar-refractivity contribution < 1.29 is 36.3 Å². The van der Waals surface area contributed by atoms with Gasteiger partial charge < -0.3 is 20.7 Å². The van der Waals surface area contributed by atoms with E-state index in [1.165, 1.54) is 17.0 Å². The highest BCUT2D eigenvalue weighted by atomic mass is 19.4. The molecule has 1 atom stereocenters. The van der Waals surface area contributed by atoms with Gasteiger partial charge in [-0.2, -0.15) is 13.2 Å². The van der Waals surface area contributed by atoms with Crippen molar-refractivity contribution in [2.24, 2.45) is 5.73 Å². The maximum atomic E-state index is 13.7. The Morgan fingerprint density at radius 3 is 2.56 bits per heavy atom. The van der Waals surface area contributed by atoms with Crippen molar-refractivity contribution >= 4 is 23.2 Å².